The van der Waals surface area contributed by atoms with Crippen molar-refractivity contribution in [1.29, 1.82) is 0 Å². The molecule has 1 heterocycles. The Balaban J connectivity index is 3.12. The molecule has 0 saturated carbocycles. The number of nitro groups is 1. The van der Waals surface area contributed by atoms with Gasteiger partial charge in [0.15, 0.2) is 4.34 Å². The van der Waals surface area contributed by atoms with Crippen molar-refractivity contribution in [2.45, 2.75) is 17.2 Å². The summed E-state index contributed by atoms with van der Waals surface area (Å²) in [6.07, 6.45) is 1.40. The minimum absolute atomic E-state index is 0.165. The molecule has 1 unspecified atom stereocenters. The fourth-order valence-electron chi connectivity index (χ4n) is 0.946. The third-order valence-corrected chi connectivity index (χ3v) is 5.17. The zero-order valence-corrected chi connectivity index (χ0v) is 11.1. The van der Waals surface area contributed by atoms with Crippen molar-refractivity contribution in [2.75, 3.05) is 0 Å². The summed E-state index contributed by atoms with van der Waals surface area (Å²) in [6.45, 7) is 5.02. The number of rotatable bonds is 5. The van der Waals surface area contributed by atoms with E-state index in [1.54, 1.807) is 6.92 Å². The van der Waals surface area contributed by atoms with Crippen molar-refractivity contribution in [3.8, 4) is 0 Å². The van der Waals surface area contributed by atoms with Crippen LogP contribution >= 0.6 is 22.9 Å². The molecule has 94 valence electrons. The lowest BCUT2D eigenvalue weighted by Gasteiger charge is -2.07. The van der Waals surface area contributed by atoms with Crippen molar-refractivity contribution in [1.82, 2.24) is 4.72 Å². The Hall–Kier alpha value is -0.960. The van der Waals surface area contributed by atoms with Gasteiger partial charge in [-0.05, 0) is 6.92 Å². The van der Waals surface area contributed by atoms with E-state index < -0.39 is 26.7 Å². The Morgan fingerprint density at radius 3 is 2.71 bits per heavy atom. The van der Waals surface area contributed by atoms with Gasteiger partial charge >= 0.3 is 0 Å². The number of hydrogen-bond acceptors (Lipinski definition) is 5. The predicted octanol–water partition coefficient (Wildman–Crippen LogP) is 2.16. The molecule has 1 aromatic heterocycles. The largest absolute Gasteiger partial charge is 0.300 e. The van der Waals surface area contributed by atoms with E-state index in [2.05, 4.69) is 11.3 Å². The molecule has 17 heavy (non-hydrogen) atoms. The maximum absolute atomic E-state index is 11.8. The zero-order chi connectivity index (χ0) is 13.2. The molecule has 6 nitrogen and oxygen atoms in total. The van der Waals surface area contributed by atoms with E-state index in [9.17, 15) is 18.5 Å². The zero-order valence-electron chi connectivity index (χ0n) is 8.71. The van der Waals surface area contributed by atoms with Gasteiger partial charge < -0.3 is 0 Å². The van der Waals surface area contributed by atoms with Crippen LogP contribution in [-0.2, 0) is 10.0 Å². The first-order valence-corrected chi connectivity index (χ1v) is 7.04. The molecular weight excluding hydrogens is 288 g/mol. The highest BCUT2D eigenvalue weighted by Gasteiger charge is 2.25. The van der Waals surface area contributed by atoms with Crippen LogP contribution in [0.15, 0.2) is 22.9 Å². The van der Waals surface area contributed by atoms with E-state index in [0.29, 0.717) is 11.3 Å². The van der Waals surface area contributed by atoms with Gasteiger partial charge in [-0.3, -0.25) is 10.1 Å². The lowest BCUT2D eigenvalue weighted by atomic mass is 10.4. The van der Waals surface area contributed by atoms with Gasteiger partial charge in [0.05, 0.1) is 4.92 Å². The lowest BCUT2D eigenvalue weighted by molar-refractivity contribution is -0.384. The summed E-state index contributed by atoms with van der Waals surface area (Å²) in [5, 5.41) is 10.5. The third-order valence-electron chi connectivity index (χ3n) is 1.80. The number of hydrogen-bond donors (Lipinski definition) is 1. The third kappa shape index (κ3) is 3.25. The fourth-order valence-corrected chi connectivity index (χ4v) is 3.84. The van der Waals surface area contributed by atoms with Crippen LogP contribution in [0.5, 0.6) is 0 Å². The lowest BCUT2D eigenvalue weighted by Crippen LogP contribution is -2.30. The SMILES string of the molecule is C=CC(C)NS(=O)(=O)c1cc([N+](=O)[O-])c(Cl)s1. The van der Waals surface area contributed by atoms with Gasteiger partial charge in [0.1, 0.15) is 4.21 Å². The molecule has 1 atom stereocenters. The first-order chi connectivity index (χ1) is 7.77. The number of nitrogens with one attached hydrogen (secondary N) is 1. The van der Waals surface area contributed by atoms with Crippen LogP contribution < -0.4 is 4.72 Å². The molecule has 0 aromatic carbocycles. The second-order valence-corrected chi connectivity index (χ2v) is 6.72. The standard InChI is InChI=1S/C8H9ClN2O4S2/c1-3-5(2)10-17(14,15)7-4-6(11(12)13)8(9)16-7/h3-5,10H,1H2,2H3. The second kappa shape index (κ2) is 5.13. The molecule has 0 spiro atoms. The van der Waals surface area contributed by atoms with E-state index in [1.165, 1.54) is 6.08 Å². The first-order valence-electron chi connectivity index (χ1n) is 4.36. The van der Waals surface area contributed by atoms with Gasteiger partial charge in [-0.2, -0.15) is 0 Å². The fraction of sp³-hybridized carbons (Fsp3) is 0.250. The normalized spacial score (nSPS) is 13.3. The Bertz CT molecular complexity index is 552. The van der Waals surface area contributed by atoms with Crippen molar-refractivity contribution < 1.29 is 13.3 Å². The van der Waals surface area contributed by atoms with Gasteiger partial charge in [-0.25, -0.2) is 13.1 Å². The number of sulfonamides is 1. The van der Waals surface area contributed by atoms with E-state index in [0.717, 1.165) is 6.07 Å². The van der Waals surface area contributed by atoms with E-state index >= 15 is 0 Å². The summed E-state index contributed by atoms with van der Waals surface area (Å²) < 4.78 is 25.4. The van der Waals surface area contributed by atoms with Crippen LogP contribution in [0.25, 0.3) is 0 Å². The molecule has 1 rings (SSSR count). The minimum atomic E-state index is -3.80. The topological polar surface area (TPSA) is 89.3 Å². The first kappa shape index (κ1) is 14.1. The summed E-state index contributed by atoms with van der Waals surface area (Å²) in [5.41, 5.74) is -0.414. The van der Waals surface area contributed by atoms with Gasteiger partial charge in [0.25, 0.3) is 15.7 Å². The van der Waals surface area contributed by atoms with Gasteiger partial charge in [-0.1, -0.05) is 17.7 Å². The molecule has 0 aliphatic heterocycles. The predicted molar refractivity (Wildman–Crippen MR) is 66.0 cm³/mol. The van der Waals surface area contributed by atoms with Gasteiger partial charge in [0.2, 0.25) is 0 Å². The molecule has 0 bridgehead atoms. The smallest absolute Gasteiger partial charge is 0.258 e. The van der Waals surface area contributed by atoms with Crippen molar-refractivity contribution in [2.24, 2.45) is 0 Å². The van der Waals surface area contributed by atoms with Gasteiger partial charge in [-0.15, -0.1) is 17.9 Å². The summed E-state index contributed by atoms with van der Waals surface area (Å²) in [5.74, 6) is 0. The summed E-state index contributed by atoms with van der Waals surface area (Å²) >= 11 is 6.22. The van der Waals surface area contributed by atoms with Crippen LogP contribution in [0.1, 0.15) is 6.92 Å². The minimum Gasteiger partial charge on any atom is -0.258 e. The molecule has 0 aliphatic rings. The Morgan fingerprint density at radius 1 is 1.71 bits per heavy atom. The highest BCUT2D eigenvalue weighted by Crippen LogP contribution is 2.36. The Labute approximate surface area is 107 Å². The van der Waals surface area contributed by atoms with Gasteiger partial charge in [0, 0.05) is 12.1 Å². The highest BCUT2D eigenvalue weighted by molar-refractivity contribution is 7.91. The summed E-state index contributed by atoms with van der Waals surface area (Å²) in [7, 11) is -3.80. The van der Waals surface area contributed by atoms with E-state index in [1.807, 2.05) is 0 Å². The Kier molecular flexibility index (Phi) is 4.26. The van der Waals surface area contributed by atoms with Crippen molar-refractivity contribution in [3.63, 3.8) is 0 Å². The van der Waals surface area contributed by atoms with Crippen molar-refractivity contribution in [3.05, 3.63) is 33.2 Å². The molecule has 0 fully saturated rings. The van der Waals surface area contributed by atoms with Crippen molar-refractivity contribution >= 4 is 38.6 Å². The average Bonchev–Trinajstić information content (AvgIpc) is 2.60. The maximum Gasteiger partial charge on any atom is 0.300 e. The maximum atomic E-state index is 11.8. The number of nitrogens with zero attached hydrogens (tertiary/aromatic N) is 1. The van der Waals surface area contributed by atoms with Crippen LogP contribution in [0.3, 0.4) is 0 Å². The van der Waals surface area contributed by atoms with Crippen LogP contribution in [0.2, 0.25) is 4.34 Å². The van der Waals surface area contributed by atoms with E-state index in [-0.39, 0.29) is 8.55 Å². The second-order valence-electron chi connectivity index (χ2n) is 3.13. The molecule has 9 heteroatoms. The molecule has 0 radical (unpaired) electrons. The summed E-state index contributed by atoms with van der Waals surface area (Å²) in [6, 6.07) is 0.463. The Morgan fingerprint density at radius 2 is 2.29 bits per heavy atom. The highest BCUT2D eigenvalue weighted by atomic mass is 35.5. The van der Waals surface area contributed by atoms with Crippen LogP contribution in [0.4, 0.5) is 5.69 Å². The van der Waals surface area contributed by atoms with Crippen LogP contribution in [0, 0.1) is 10.1 Å². The molecule has 1 N–H and O–H groups in total. The quantitative estimate of drug-likeness (QED) is 0.512. The molecule has 1 aromatic rings. The van der Waals surface area contributed by atoms with E-state index in [4.69, 9.17) is 11.6 Å². The van der Waals surface area contributed by atoms with Crippen LogP contribution in [-0.4, -0.2) is 19.4 Å². The molecular formula is C8H9ClN2O4S2. The number of thiophene rings is 1. The average molecular weight is 297 g/mol. The molecule has 0 amide bonds. The number of halogens is 1. The molecule has 0 aliphatic carbocycles. The summed E-state index contributed by atoms with van der Waals surface area (Å²) in [4.78, 5) is 9.81. The molecule has 0 saturated heterocycles. The monoisotopic (exact) mass is 296 g/mol.